The lowest BCUT2D eigenvalue weighted by molar-refractivity contribution is -0.438. The third kappa shape index (κ3) is 10.2. The van der Waals surface area contributed by atoms with Crippen LogP contribution in [0.4, 0.5) is 11.4 Å². The summed E-state index contributed by atoms with van der Waals surface area (Å²) >= 11 is 4.00. The van der Waals surface area contributed by atoms with Crippen LogP contribution in [0.1, 0.15) is 77.3 Å². The molecule has 1 aliphatic carbocycles. The van der Waals surface area contributed by atoms with Crippen LogP contribution in [0.2, 0.25) is 0 Å². The van der Waals surface area contributed by atoms with Crippen molar-refractivity contribution in [1.82, 2.24) is 0 Å². The number of thioether (sulfide) groups is 2. The van der Waals surface area contributed by atoms with Gasteiger partial charge in [-0.3, -0.25) is 4.55 Å². The molecule has 0 radical (unpaired) electrons. The molecule has 0 saturated carbocycles. The standard InChI is InChI=1S/C44H49N3O6S4/c1-43(2)36-15-5-7-17-38(36)46(27-9-10-30-57(49,50)51)40(43)25-19-32-13-11-14-33(42(32)56-35-23-21-34(22-24-35)54-31-45)20-26-41-44(3,4)37-16-6-8-18-39(37)47(41)28-12-29-55-53-52-48/h5-8,15-26H,9-14,27-30H2,1-4H3,(H-,48,49,50,51)/p+1. The molecule has 0 aromatic heterocycles. The van der Waals surface area contributed by atoms with E-state index < -0.39 is 10.1 Å². The first-order valence-corrected chi connectivity index (χ1v) is 23.3. The van der Waals surface area contributed by atoms with Gasteiger partial charge in [-0.1, -0.05) is 79.2 Å². The molecule has 2 N–H and O–H groups in total. The van der Waals surface area contributed by atoms with E-state index in [0.717, 1.165) is 77.2 Å². The molecule has 13 heteroatoms. The van der Waals surface area contributed by atoms with E-state index in [4.69, 9.17) is 5.26 Å². The maximum atomic E-state index is 11.5. The van der Waals surface area contributed by atoms with E-state index in [0.29, 0.717) is 25.1 Å². The lowest BCUT2D eigenvalue weighted by atomic mass is 9.81. The zero-order valence-corrected chi connectivity index (χ0v) is 36.1. The molecule has 3 aliphatic rings. The van der Waals surface area contributed by atoms with Crippen LogP contribution in [-0.4, -0.2) is 53.1 Å². The Kier molecular flexibility index (Phi) is 14.3. The van der Waals surface area contributed by atoms with Crippen molar-refractivity contribution in [2.24, 2.45) is 0 Å². The third-order valence-electron chi connectivity index (χ3n) is 10.9. The molecule has 3 aromatic rings. The summed E-state index contributed by atoms with van der Waals surface area (Å²) in [7, 11) is -4.02. The first-order chi connectivity index (χ1) is 27.3. The summed E-state index contributed by atoms with van der Waals surface area (Å²) in [5.74, 6) is 0.406. The van der Waals surface area contributed by atoms with Crippen LogP contribution < -0.4 is 4.90 Å². The molecule has 0 bridgehead atoms. The fourth-order valence-corrected chi connectivity index (χ4v) is 10.5. The van der Waals surface area contributed by atoms with Gasteiger partial charge in [0.15, 0.2) is 5.71 Å². The van der Waals surface area contributed by atoms with E-state index >= 15 is 0 Å². The summed E-state index contributed by atoms with van der Waals surface area (Å²) in [6.07, 6.45) is 13.8. The maximum absolute atomic E-state index is 11.5. The third-order valence-corrected chi connectivity index (χ3v) is 14.1. The molecule has 0 atom stereocenters. The van der Waals surface area contributed by atoms with Crippen molar-refractivity contribution in [3.05, 3.63) is 130 Å². The lowest BCUT2D eigenvalue weighted by Crippen LogP contribution is -2.28. The van der Waals surface area contributed by atoms with Gasteiger partial charge in [0.05, 0.1) is 11.2 Å². The molecule has 3 aromatic carbocycles. The molecule has 0 spiro atoms. The van der Waals surface area contributed by atoms with Gasteiger partial charge in [0.25, 0.3) is 10.1 Å². The highest BCUT2D eigenvalue weighted by Gasteiger charge is 2.44. The number of fused-ring (bicyclic) bond motifs is 2. The quantitative estimate of drug-likeness (QED) is 0.0197. The Labute approximate surface area is 350 Å². The summed E-state index contributed by atoms with van der Waals surface area (Å²) in [6, 6.07) is 25.2. The molecule has 0 fully saturated rings. The Morgan fingerprint density at radius 1 is 0.895 bits per heavy atom. The van der Waals surface area contributed by atoms with E-state index in [1.165, 1.54) is 38.6 Å². The fraction of sp³-hybridized carbons (Fsp3) is 0.364. The number of allylic oxidation sites excluding steroid dienone is 7. The normalized spacial score (nSPS) is 18.9. The number of benzene rings is 3. The molecule has 9 nitrogen and oxygen atoms in total. The molecule has 6 rings (SSSR count). The number of hydrogen-bond donors (Lipinski definition) is 2. The summed E-state index contributed by atoms with van der Waals surface area (Å²) in [5.41, 5.74) is 9.23. The largest absolute Gasteiger partial charge is 0.344 e. The average molecular weight is 845 g/mol. The van der Waals surface area contributed by atoms with Gasteiger partial charge in [0.1, 0.15) is 11.9 Å². The van der Waals surface area contributed by atoms with Crippen LogP contribution in [0.25, 0.3) is 0 Å². The Hall–Kier alpha value is -3.58. The predicted molar refractivity (Wildman–Crippen MR) is 234 cm³/mol. The summed E-state index contributed by atoms with van der Waals surface area (Å²) in [6.45, 7) is 10.5. The number of nitriles is 1. The van der Waals surface area contributed by atoms with Gasteiger partial charge in [-0.2, -0.15) is 18.3 Å². The van der Waals surface area contributed by atoms with Crippen molar-refractivity contribution in [3.63, 3.8) is 0 Å². The van der Waals surface area contributed by atoms with Crippen LogP contribution in [0, 0.1) is 10.7 Å². The zero-order chi connectivity index (χ0) is 40.6. The van der Waals surface area contributed by atoms with Gasteiger partial charge in [-0.25, -0.2) is 5.26 Å². The van der Waals surface area contributed by atoms with Crippen molar-refractivity contribution in [2.75, 3.05) is 29.5 Å². The Morgan fingerprint density at radius 3 is 2.35 bits per heavy atom. The monoisotopic (exact) mass is 844 g/mol. The number of nitrogens with zero attached hydrogens (tertiary/aromatic N) is 3. The van der Waals surface area contributed by atoms with Crippen molar-refractivity contribution < 1.29 is 32.2 Å². The first-order valence-electron chi connectivity index (χ1n) is 19.2. The molecular formula is C44H50N3O6S4+. The van der Waals surface area contributed by atoms with Crippen LogP contribution >= 0.6 is 35.6 Å². The highest BCUT2D eigenvalue weighted by molar-refractivity contribution is 8.04. The van der Waals surface area contributed by atoms with Crippen molar-refractivity contribution in [2.45, 2.75) is 86.8 Å². The summed E-state index contributed by atoms with van der Waals surface area (Å²) in [5, 5.41) is 23.8. The second-order valence-electron chi connectivity index (χ2n) is 15.3. The van der Waals surface area contributed by atoms with Crippen molar-refractivity contribution in [3.8, 4) is 5.40 Å². The van der Waals surface area contributed by atoms with Crippen LogP contribution in [-0.2, 0) is 30.3 Å². The van der Waals surface area contributed by atoms with Crippen LogP contribution in [0.15, 0.2) is 129 Å². The Balaban J connectivity index is 1.40. The molecule has 2 aliphatic heterocycles. The van der Waals surface area contributed by atoms with E-state index in [1.807, 2.05) is 18.2 Å². The number of unbranched alkanes of at least 4 members (excludes halogenated alkanes) is 1. The topological polar surface area (TPSA) is 123 Å². The van der Waals surface area contributed by atoms with Gasteiger partial charge in [0, 0.05) is 80.0 Å². The van der Waals surface area contributed by atoms with Crippen LogP contribution in [0.3, 0.4) is 0 Å². The summed E-state index contributed by atoms with van der Waals surface area (Å²) < 4.78 is 39.4. The Bertz CT molecular complexity index is 2250. The highest BCUT2D eigenvalue weighted by atomic mass is 32.2. The second-order valence-corrected chi connectivity index (χ2v) is 19.6. The van der Waals surface area contributed by atoms with E-state index in [-0.39, 0.29) is 16.6 Å². The molecule has 57 heavy (non-hydrogen) atoms. The predicted octanol–water partition coefficient (Wildman–Crippen LogP) is 11.2. The lowest BCUT2D eigenvalue weighted by Gasteiger charge is -2.27. The van der Waals surface area contributed by atoms with Crippen molar-refractivity contribution in [1.29, 1.82) is 5.26 Å². The van der Waals surface area contributed by atoms with Crippen molar-refractivity contribution >= 4 is 62.8 Å². The van der Waals surface area contributed by atoms with E-state index in [2.05, 4.69) is 131 Å². The average Bonchev–Trinajstić information content (AvgIpc) is 3.53. The van der Waals surface area contributed by atoms with Gasteiger partial charge >= 0.3 is 0 Å². The zero-order valence-electron chi connectivity index (χ0n) is 32.8. The summed E-state index contributed by atoms with van der Waals surface area (Å²) in [4.78, 5) is 5.55. The molecule has 0 saturated heterocycles. The molecule has 0 unspecified atom stereocenters. The maximum Gasteiger partial charge on any atom is 0.264 e. The number of thiocyanates is 1. The fourth-order valence-electron chi connectivity index (χ4n) is 8.11. The van der Waals surface area contributed by atoms with Gasteiger partial charge < -0.3 is 4.90 Å². The van der Waals surface area contributed by atoms with E-state index in [1.54, 1.807) is 11.8 Å². The minimum absolute atomic E-state index is 0.224. The van der Waals surface area contributed by atoms with E-state index in [9.17, 15) is 18.2 Å². The minimum atomic E-state index is -4.02. The number of hydrogen-bond acceptors (Lipinski definition) is 10. The Morgan fingerprint density at radius 2 is 1.61 bits per heavy atom. The number of anilines is 1. The van der Waals surface area contributed by atoms with Gasteiger partial charge in [0.2, 0.25) is 5.69 Å². The molecule has 0 amide bonds. The highest BCUT2D eigenvalue weighted by Crippen LogP contribution is 2.49. The van der Waals surface area contributed by atoms with Gasteiger partial charge in [-0.15, -0.1) is 4.33 Å². The second kappa shape index (κ2) is 19.0. The molecular weight excluding hydrogens is 795 g/mol. The first kappa shape index (κ1) is 43.0. The van der Waals surface area contributed by atoms with Crippen LogP contribution in [0.5, 0.6) is 0 Å². The molecule has 300 valence electrons. The smallest absolute Gasteiger partial charge is 0.264 e. The minimum Gasteiger partial charge on any atom is -0.344 e. The SMILES string of the molecule is CC1(C)C(/C=C/C2=C(Sc3ccc(SC#N)cc3)C(=C/C=C3/N(CCCCS(=O)(=O)O)c4ccccc4C3(C)C)/CCC2)=[N+](CCCSOOO)c2ccccc21. The number of para-hydroxylation sites is 2. The van der Waals surface area contributed by atoms with Gasteiger partial charge in [-0.05, 0) is 111 Å². The molecule has 2 heterocycles. The number of rotatable bonds is 17.